The van der Waals surface area contributed by atoms with E-state index in [0.29, 0.717) is 0 Å². The number of rotatable bonds is 1. The molecule has 0 radical (unpaired) electrons. The van der Waals surface area contributed by atoms with Gasteiger partial charge in [0.1, 0.15) is 0 Å². The van der Waals surface area contributed by atoms with Crippen LogP contribution in [-0.2, 0) is 0 Å². The second-order valence-corrected chi connectivity index (χ2v) is 2.71. The quantitative estimate of drug-likeness (QED) is 0.667. The average molecular weight is 177 g/mol. The van der Waals surface area contributed by atoms with Crippen molar-refractivity contribution in [3.63, 3.8) is 0 Å². The lowest BCUT2D eigenvalue weighted by Gasteiger charge is -2.03. The van der Waals surface area contributed by atoms with Crippen LogP contribution >= 0.6 is 0 Å². The van der Waals surface area contributed by atoms with E-state index in [-0.39, 0.29) is 11.6 Å². The van der Waals surface area contributed by atoms with E-state index in [1.165, 1.54) is 13.2 Å². The van der Waals surface area contributed by atoms with Gasteiger partial charge in [-0.25, -0.2) is 4.39 Å². The highest BCUT2D eigenvalue weighted by Crippen LogP contribution is 2.23. The van der Waals surface area contributed by atoms with Crippen molar-refractivity contribution < 1.29 is 9.13 Å². The summed E-state index contributed by atoms with van der Waals surface area (Å²) in [6.45, 7) is 0. The molecule has 0 aliphatic heterocycles. The zero-order valence-corrected chi connectivity index (χ0v) is 7.12. The Kier molecular flexibility index (Phi) is 1.85. The minimum Gasteiger partial charge on any atom is -0.494 e. The highest BCUT2D eigenvalue weighted by molar-refractivity contribution is 5.82. The molecule has 0 unspecified atom stereocenters. The lowest BCUT2D eigenvalue weighted by molar-refractivity contribution is 0.387. The molecule has 0 N–H and O–H groups in total. The molecule has 3 heteroatoms. The van der Waals surface area contributed by atoms with Gasteiger partial charge in [-0.3, -0.25) is 4.98 Å². The minimum atomic E-state index is -0.358. The summed E-state index contributed by atoms with van der Waals surface area (Å²) in [6.07, 6.45) is 3.29. The number of nitrogens with zero attached hydrogens (tertiary/aromatic N) is 1. The van der Waals surface area contributed by atoms with E-state index >= 15 is 0 Å². The fraction of sp³-hybridized carbons (Fsp3) is 0.100. The third kappa shape index (κ3) is 1.33. The van der Waals surface area contributed by atoms with Gasteiger partial charge < -0.3 is 4.74 Å². The Balaban J connectivity index is 2.74. The van der Waals surface area contributed by atoms with Crippen LogP contribution in [0.4, 0.5) is 4.39 Å². The van der Waals surface area contributed by atoms with Crippen molar-refractivity contribution in [1.29, 1.82) is 0 Å². The van der Waals surface area contributed by atoms with Crippen LogP contribution in [0.5, 0.6) is 5.75 Å². The number of methoxy groups -OCH3 is 1. The third-order valence-electron chi connectivity index (χ3n) is 1.91. The molecule has 0 fully saturated rings. The van der Waals surface area contributed by atoms with Crippen LogP contribution in [0.15, 0.2) is 30.6 Å². The Labute approximate surface area is 75.0 Å². The van der Waals surface area contributed by atoms with Gasteiger partial charge in [0, 0.05) is 17.8 Å². The first kappa shape index (κ1) is 7.98. The number of aromatic nitrogens is 1. The van der Waals surface area contributed by atoms with Crippen LogP contribution in [0.25, 0.3) is 10.8 Å². The molecule has 0 atom stereocenters. The molecule has 0 aliphatic carbocycles. The van der Waals surface area contributed by atoms with Crippen LogP contribution < -0.4 is 4.74 Å². The van der Waals surface area contributed by atoms with Crippen molar-refractivity contribution in [1.82, 2.24) is 4.98 Å². The van der Waals surface area contributed by atoms with E-state index in [1.807, 2.05) is 6.07 Å². The van der Waals surface area contributed by atoms with Crippen molar-refractivity contribution in [2.24, 2.45) is 0 Å². The van der Waals surface area contributed by atoms with Gasteiger partial charge in [0.2, 0.25) is 0 Å². The second-order valence-electron chi connectivity index (χ2n) is 2.71. The van der Waals surface area contributed by atoms with Crippen LogP contribution in [0, 0.1) is 5.82 Å². The summed E-state index contributed by atoms with van der Waals surface area (Å²) in [5.41, 5.74) is 0. The Morgan fingerprint density at radius 3 is 2.92 bits per heavy atom. The standard InChI is InChI=1S/C10H8FNO/c1-13-10-5-7-2-3-12-6-8(7)4-9(10)11/h2-6H,1H3. The van der Waals surface area contributed by atoms with Crippen molar-refractivity contribution in [3.8, 4) is 5.75 Å². The maximum atomic E-state index is 13.2. The largest absolute Gasteiger partial charge is 0.494 e. The number of hydrogen-bond acceptors (Lipinski definition) is 2. The Morgan fingerprint density at radius 2 is 2.15 bits per heavy atom. The molecule has 1 aromatic heterocycles. The lowest BCUT2D eigenvalue weighted by atomic mass is 10.1. The van der Waals surface area contributed by atoms with Crippen LogP contribution in [-0.4, -0.2) is 12.1 Å². The Bertz CT molecular complexity index is 442. The van der Waals surface area contributed by atoms with Crippen molar-refractivity contribution in [3.05, 3.63) is 36.4 Å². The molecule has 66 valence electrons. The SMILES string of the molecule is COc1cc2ccncc2cc1F. The molecule has 0 aliphatic rings. The van der Waals surface area contributed by atoms with Gasteiger partial charge >= 0.3 is 0 Å². The maximum Gasteiger partial charge on any atom is 0.165 e. The topological polar surface area (TPSA) is 22.1 Å². The molecule has 2 nitrogen and oxygen atoms in total. The minimum absolute atomic E-state index is 0.263. The van der Waals surface area contributed by atoms with Crippen molar-refractivity contribution in [2.45, 2.75) is 0 Å². The number of fused-ring (bicyclic) bond motifs is 1. The molecule has 1 aromatic carbocycles. The Morgan fingerprint density at radius 1 is 1.31 bits per heavy atom. The first-order valence-electron chi connectivity index (χ1n) is 3.88. The zero-order valence-electron chi connectivity index (χ0n) is 7.12. The number of hydrogen-bond donors (Lipinski definition) is 0. The fourth-order valence-electron chi connectivity index (χ4n) is 1.24. The van der Waals surface area contributed by atoms with Gasteiger partial charge in [-0.15, -0.1) is 0 Å². The summed E-state index contributed by atoms with van der Waals surface area (Å²) in [7, 11) is 1.45. The van der Waals surface area contributed by atoms with E-state index in [1.54, 1.807) is 18.5 Å². The molecular weight excluding hydrogens is 169 g/mol. The highest BCUT2D eigenvalue weighted by Gasteiger charge is 2.03. The third-order valence-corrected chi connectivity index (χ3v) is 1.91. The molecular formula is C10H8FNO. The predicted octanol–water partition coefficient (Wildman–Crippen LogP) is 2.38. The number of pyridine rings is 1. The van der Waals surface area contributed by atoms with Gasteiger partial charge in [0.25, 0.3) is 0 Å². The molecule has 1 heterocycles. The fourth-order valence-corrected chi connectivity index (χ4v) is 1.24. The van der Waals surface area contributed by atoms with Gasteiger partial charge in [0.15, 0.2) is 11.6 Å². The highest BCUT2D eigenvalue weighted by atomic mass is 19.1. The van der Waals surface area contributed by atoms with E-state index in [0.717, 1.165) is 10.8 Å². The van der Waals surface area contributed by atoms with Gasteiger partial charge in [0.05, 0.1) is 7.11 Å². The summed E-state index contributed by atoms with van der Waals surface area (Å²) in [4.78, 5) is 3.90. The van der Waals surface area contributed by atoms with E-state index in [2.05, 4.69) is 4.98 Å². The van der Waals surface area contributed by atoms with E-state index in [9.17, 15) is 4.39 Å². The smallest absolute Gasteiger partial charge is 0.165 e. The molecule has 2 rings (SSSR count). The number of ether oxygens (including phenoxy) is 1. The monoisotopic (exact) mass is 177 g/mol. The average Bonchev–Trinajstić information content (AvgIpc) is 2.17. The lowest BCUT2D eigenvalue weighted by Crippen LogP contribution is -1.88. The van der Waals surface area contributed by atoms with Gasteiger partial charge in [-0.2, -0.15) is 0 Å². The van der Waals surface area contributed by atoms with Crippen LogP contribution in [0.3, 0.4) is 0 Å². The normalized spacial score (nSPS) is 10.3. The molecule has 0 saturated heterocycles. The van der Waals surface area contributed by atoms with Crippen molar-refractivity contribution in [2.75, 3.05) is 7.11 Å². The maximum absolute atomic E-state index is 13.2. The van der Waals surface area contributed by atoms with Crippen LogP contribution in [0.2, 0.25) is 0 Å². The van der Waals surface area contributed by atoms with Gasteiger partial charge in [-0.05, 0) is 23.6 Å². The number of halogens is 1. The number of benzene rings is 1. The summed E-state index contributed by atoms with van der Waals surface area (Å²) in [6, 6.07) is 4.89. The molecule has 0 amide bonds. The molecule has 0 saturated carbocycles. The zero-order chi connectivity index (χ0) is 9.26. The first-order chi connectivity index (χ1) is 6.31. The van der Waals surface area contributed by atoms with Gasteiger partial charge in [-0.1, -0.05) is 0 Å². The van der Waals surface area contributed by atoms with Crippen molar-refractivity contribution >= 4 is 10.8 Å². The molecule has 13 heavy (non-hydrogen) atoms. The summed E-state index contributed by atoms with van der Waals surface area (Å²) < 4.78 is 18.0. The summed E-state index contributed by atoms with van der Waals surface area (Å²) >= 11 is 0. The Hall–Kier alpha value is -1.64. The summed E-state index contributed by atoms with van der Waals surface area (Å²) in [5.74, 6) is -0.0956. The first-order valence-corrected chi connectivity index (χ1v) is 3.88. The predicted molar refractivity (Wildman–Crippen MR) is 48.3 cm³/mol. The second kappa shape index (κ2) is 3.01. The van der Waals surface area contributed by atoms with E-state index in [4.69, 9.17) is 4.74 Å². The van der Waals surface area contributed by atoms with E-state index < -0.39 is 0 Å². The molecule has 2 aromatic rings. The van der Waals surface area contributed by atoms with Crippen LogP contribution in [0.1, 0.15) is 0 Å². The molecule has 0 bridgehead atoms. The molecule has 0 spiro atoms. The summed E-state index contributed by atoms with van der Waals surface area (Å²) in [5, 5.41) is 1.70.